The Bertz CT molecular complexity index is 2910. The number of halogens is 2. The minimum Gasteiger partial charge on any atom is -0.489 e. The maximum Gasteiger partial charge on any atom is 0.304 e. The van der Waals surface area contributed by atoms with E-state index in [0.717, 1.165) is 56.9 Å². The molecular weight excluding hydrogens is 827 g/mol. The number of aryl methyl sites for hydroxylation is 1. The number of carboxylic acids is 1. The summed E-state index contributed by atoms with van der Waals surface area (Å²) in [6, 6.07) is 22.7. The van der Waals surface area contributed by atoms with E-state index >= 15 is 0 Å². The second-order valence-corrected chi connectivity index (χ2v) is 17.1. The van der Waals surface area contributed by atoms with Gasteiger partial charge in [-0.1, -0.05) is 71.1 Å². The molecule has 0 radical (unpaired) electrons. The average Bonchev–Trinajstić information content (AvgIpc) is 4.06. The molecule has 0 aliphatic heterocycles. The summed E-state index contributed by atoms with van der Waals surface area (Å²) in [6.07, 6.45) is 5.84. The zero-order chi connectivity index (χ0) is 43.8. The third-order valence-electron chi connectivity index (χ3n) is 10.7. The number of aromatic nitrogens is 6. The predicted octanol–water partition coefficient (Wildman–Crippen LogP) is 12.9. The lowest BCUT2D eigenvalue weighted by molar-refractivity contribution is -0.137. The Labute approximate surface area is 369 Å². The Morgan fingerprint density at radius 3 is 1.73 bits per heavy atom. The summed E-state index contributed by atoms with van der Waals surface area (Å²) in [5.74, 6) is 1.12. The van der Waals surface area contributed by atoms with Gasteiger partial charge in [0.2, 0.25) is 11.6 Å². The van der Waals surface area contributed by atoms with E-state index in [2.05, 4.69) is 52.6 Å². The normalized spacial score (nSPS) is 12.4. The van der Waals surface area contributed by atoms with Gasteiger partial charge in [0.05, 0.1) is 39.7 Å². The van der Waals surface area contributed by atoms with Crippen molar-refractivity contribution in [3.63, 3.8) is 0 Å². The molecular formula is C48H48Cl2N6O6. The third-order valence-corrected chi connectivity index (χ3v) is 11.3. The summed E-state index contributed by atoms with van der Waals surface area (Å²) >= 11 is 13.1. The van der Waals surface area contributed by atoms with Gasteiger partial charge in [-0.2, -0.15) is 9.97 Å². The van der Waals surface area contributed by atoms with Crippen LogP contribution in [-0.2, 0) is 11.3 Å². The molecule has 4 heterocycles. The number of hydrogen-bond acceptors (Lipinski definition) is 9. The van der Waals surface area contributed by atoms with Crippen molar-refractivity contribution in [2.45, 2.75) is 98.4 Å². The van der Waals surface area contributed by atoms with Gasteiger partial charge in [-0.25, -0.2) is 0 Å². The van der Waals surface area contributed by atoms with Crippen molar-refractivity contribution in [1.29, 1.82) is 0 Å². The summed E-state index contributed by atoms with van der Waals surface area (Å²) in [7, 11) is 0. The van der Waals surface area contributed by atoms with Crippen LogP contribution in [0, 0.1) is 0 Å². The van der Waals surface area contributed by atoms with E-state index in [-0.39, 0.29) is 24.7 Å². The van der Waals surface area contributed by atoms with Gasteiger partial charge < -0.3 is 32.8 Å². The molecule has 14 heteroatoms. The van der Waals surface area contributed by atoms with Crippen LogP contribution in [-0.4, -0.2) is 52.7 Å². The molecule has 0 bridgehead atoms. The second-order valence-electron chi connectivity index (χ2n) is 16.2. The van der Waals surface area contributed by atoms with Gasteiger partial charge in [0.15, 0.2) is 0 Å². The SMILES string of the molecule is CCCCn1cc(C(CC(=O)O)c2cn(C(C)C)c3c(-c4noc(-c5ccc(OC(C)C)c(Cl)c5)n4)cccc23)c2cccc(-c3noc(-c4ccc(OC(C)C)c(Cl)c4)n3)c21. The van der Waals surface area contributed by atoms with Crippen LogP contribution in [0.2, 0.25) is 10.0 Å². The fourth-order valence-corrected chi connectivity index (χ4v) is 8.43. The first-order chi connectivity index (χ1) is 29.8. The van der Waals surface area contributed by atoms with Gasteiger partial charge in [-0.15, -0.1) is 0 Å². The van der Waals surface area contributed by atoms with E-state index in [1.807, 2.05) is 76.2 Å². The van der Waals surface area contributed by atoms with Gasteiger partial charge >= 0.3 is 5.97 Å². The summed E-state index contributed by atoms with van der Waals surface area (Å²) in [4.78, 5) is 22.5. The standard InChI is InChI=1S/C48H48Cl2N6O6/c1-8-9-20-55-24-36(31-12-10-14-33(43(31)55)45-51-47(61-53-45)29-16-18-40(38(49)21-29)59-27(4)5)35(23-42(57)58)37-25-56(26(2)3)44-32(37)13-11-15-34(44)46-52-48(62-54-46)30-17-19-41(39(50)22-30)60-28(6)7/h10-19,21-22,24-28,35H,8-9,20,23H2,1-7H3,(H,57,58). The zero-order valence-electron chi connectivity index (χ0n) is 35.6. The highest BCUT2D eigenvalue weighted by molar-refractivity contribution is 6.32. The monoisotopic (exact) mass is 874 g/mol. The highest BCUT2D eigenvalue weighted by atomic mass is 35.5. The van der Waals surface area contributed by atoms with Gasteiger partial charge in [-0.3, -0.25) is 4.79 Å². The van der Waals surface area contributed by atoms with Crippen LogP contribution in [0.15, 0.2) is 94.2 Å². The molecule has 8 aromatic rings. The zero-order valence-corrected chi connectivity index (χ0v) is 37.2. The molecule has 0 aliphatic carbocycles. The number of benzene rings is 4. The van der Waals surface area contributed by atoms with Crippen LogP contribution in [0.4, 0.5) is 0 Å². The molecule has 320 valence electrons. The molecule has 1 unspecified atom stereocenters. The smallest absolute Gasteiger partial charge is 0.304 e. The van der Waals surface area contributed by atoms with E-state index in [4.69, 9.17) is 51.7 Å². The summed E-state index contributed by atoms with van der Waals surface area (Å²) in [6.45, 7) is 14.8. The quantitative estimate of drug-likeness (QED) is 0.0996. The lowest BCUT2D eigenvalue weighted by atomic mass is 9.87. The maximum atomic E-state index is 12.9. The third kappa shape index (κ3) is 8.41. The van der Waals surface area contributed by atoms with Crippen molar-refractivity contribution in [3.05, 3.63) is 106 Å². The predicted molar refractivity (Wildman–Crippen MR) is 242 cm³/mol. The van der Waals surface area contributed by atoms with Crippen molar-refractivity contribution in [3.8, 4) is 57.2 Å². The van der Waals surface area contributed by atoms with Crippen LogP contribution in [0.25, 0.3) is 67.5 Å². The lowest BCUT2D eigenvalue weighted by Crippen LogP contribution is -2.08. The molecule has 0 spiro atoms. The first-order valence-electron chi connectivity index (χ1n) is 20.9. The first-order valence-corrected chi connectivity index (χ1v) is 21.6. The molecule has 0 amide bonds. The molecule has 0 saturated carbocycles. The number of para-hydroxylation sites is 2. The minimum atomic E-state index is -0.917. The van der Waals surface area contributed by atoms with Crippen LogP contribution < -0.4 is 9.47 Å². The van der Waals surface area contributed by atoms with E-state index in [0.29, 0.717) is 62.6 Å². The van der Waals surface area contributed by atoms with Crippen molar-refractivity contribution in [1.82, 2.24) is 29.4 Å². The molecule has 1 N–H and O–H groups in total. The van der Waals surface area contributed by atoms with Crippen molar-refractivity contribution >= 4 is 51.0 Å². The Morgan fingerprint density at radius 2 is 1.24 bits per heavy atom. The summed E-state index contributed by atoms with van der Waals surface area (Å²) in [5.41, 5.74) is 6.36. The fourth-order valence-electron chi connectivity index (χ4n) is 7.98. The van der Waals surface area contributed by atoms with Crippen LogP contribution in [0.3, 0.4) is 0 Å². The first kappa shape index (κ1) is 42.6. The molecule has 1 atom stereocenters. The average molecular weight is 876 g/mol. The number of carboxylic acid groups (broad SMARTS) is 1. The van der Waals surface area contributed by atoms with E-state index in [1.165, 1.54) is 0 Å². The van der Waals surface area contributed by atoms with Crippen molar-refractivity contribution < 1.29 is 28.4 Å². The van der Waals surface area contributed by atoms with Gasteiger partial charge in [-0.05, 0) is 108 Å². The van der Waals surface area contributed by atoms with E-state index in [1.54, 1.807) is 24.3 Å². The molecule has 8 rings (SSSR count). The number of rotatable bonds is 16. The van der Waals surface area contributed by atoms with E-state index in [9.17, 15) is 9.90 Å². The molecule has 0 fully saturated rings. The number of hydrogen-bond donors (Lipinski definition) is 1. The molecule has 4 aromatic carbocycles. The Hall–Kier alpha value is -6.11. The second kappa shape index (κ2) is 17.7. The highest BCUT2D eigenvalue weighted by Gasteiger charge is 2.30. The molecule has 0 aliphatic rings. The highest BCUT2D eigenvalue weighted by Crippen LogP contribution is 2.44. The fraction of sp³-hybridized carbons (Fsp3) is 0.312. The number of ether oxygens (including phenoxy) is 2. The molecule has 12 nitrogen and oxygen atoms in total. The molecule has 0 saturated heterocycles. The number of fused-ring (bicyclic) bond motifs is 2. The topological polar surface area (TPSA) is 143 Å². The van der Waals surface area contributed by atoms with Crippen molar-refractivity contribution in [2.75, 3.05) is 0 Å². The minimum absolute atomic E-state index is 0.00955. The largest absolute Gasteiger partial charge is 0.489 e. The lowest BCUT2D eigenvalue weighted by Gasteiger charge is -2.15. The number of nitrogens with zero attached hydrogens (tertiary/aromatic N) is 6. The molecule has 62 heavy (non-hydrogen) atoms. The maximum absolute atomic E-state index is 12.9. The van der Waals surface area contributed by atoms with E-state index < -0.39 is 11.9 Å². The number of aliphatic carboxylic acids is 1. The van der Waals surface area contributed by atoms with Crippen LogP contribution in [0.1, 0.15) is 90.8 Å². The number of carbonyl (C=O) groups is 1. The van der Waals surface area contributed by atoms with Gasteiger partial charge in [0.25, 0.3) is 11.8 Å². The summed E-state index contributed by atoms with van der Waals surface area (Å²) < 4.78 is 27.6. The number of unbranched alkanes of at least 4 members (excludes halogenated alkanes) is 1. The van der Waals surface area contributed by atoms with Gasteiger partial charge in [0, 0.05) is 63.9 Å². The van der Waals surface area contributed by atoms with Crippen LogP contribution >= 0.6 is 23.2 Å². The Morgan fingerprint density at radius 1 is 0.726 bits per heavy atom. The molecule has 4 aromatic heterocycles. The summed E-state index contributed by atoms with van der Waals surface area (Å²) in [5, 5.41) is 22.1. The Balaban J connectivity index is 1.23. The van der Waals surface area contributed by atoms with Crippen LogP contribution in [0.5, 0.6) is 11.5 Å². The Kier molecular flexibility index (Phi) is 12.2. The van der Waals surface area contributed by atoms with Crippen molar-refractivity contribution in [2.24, 2.45) is 0 Å². The van der Waals surface area contributed by atoms with Gasteiger partial charge in [0.1, 0.15) is 11.5 Å².